The lowest BCUT2D eigenvalue weighted by molar-refractivity contribution is 0.0984. The molecule has 1 amide bonds. The third-order valence-electron chi connectivity index (χ3n) is 6.00. The molecule has 0 saturated heterocycles. The van der Waals surface area contributed by atoms with Crippen LogP contribution in [0, 0.1) is 0 Å². The molecule has 0 bridgehead atoms. The van der Waals surface area contributed by atoms with Crippen LogP contribution in [0.4, 0.5) is 11.5 Å². The number of hydrogen-bond donors (Lipinski definition) is 2. The number of nitrogen functional groups attached to an aromatic ring is 1. The molecular formula is C29H30N4O4. The number of carbonyl (C=O) groups is 1. The Labute approximate surface area is 215 Å². The van der Waals surface area contributed by atoms with Crippen molar-refractivity contribution in [2.75, 3.05) is 10.6 Å². The van der Waals surface area contributed by atoms with Gasteiger partial charge in [0.1, 0.15) is 18.2 Å². The van der Waals surface area contributed by atoms with Crippen molar-refractivity contribution in [1.29, 1.82) is 0 Å². The fraction of sp³-hybridized carbons (Fsp3) is 0.207. The van der Waals surface area contributed by atoms with E-state index in [1.807, 2.05) is 79.7 Å². The molecule has 0 aliphatic heterocycles. The van der Waals surface area contributed by atoms with E-state index in [9.17, 15) is 14.4 Å². The number of ether oxygens (including phenoxy) is 1. The van der Waals surface area contributed by atoms with E-state index in [1.165, 1.54) is 9.47 Å². The zero-order valence-electron chi connectivity index (χ0n) is 20.7. The van der Waals surface area contributed by atoms with Gasteiger partial charge in [0, 0.05) is 12.1 Å². The quantitative estimate of drug-likeness (QED) is 0.338. The van der Waals surface area contributed by atoms with E-state index < -0.39 is 17.2 Å². The summed E-state index contributed by atoms with van der Waals surface area (Å²) in [6.07, 6.45) is 1.54. The summed E-state index contributed by atoms with van der Waals surface area (Å²) in [6, 6.07) is 25.8. The molecule has 8 nitrogen and oxygen atoms in total. The molecule has 3 aromatic carbocycles. The van der Waals surface area contributed by atoms with Crippen molar-refractivity contribution in [3.05, 3.63) is 122 Å². The summed E-state index contributed by atoms with van der Waals surface area (Å²) in [5.41, 5.74) is 7.10. The van der Waals surface area contributed by atoms with Gasteiger partial charge >= 0.3 is 5.69 Å². The summed E-state index contributed by atoms with van der Waals surface area (Å²) >= 11 is 0. The number of unbranched alkanes of at least 4 members (excludes halogenated alkanes) is 1. The summed E-state index contributed by atoms with van der Waals surface area (Å²) in [5, 5.41) is 0. The molecule has 1 aromatic heterocycles. The highest BCUT2D eigenvalue weighted by atomic mass is 16.5. The second-order valence-corrected chi connectivity index (χ2v) is 8.67. The zero-order valence-corrected chi connectivity index (χ0v) is 20.7. The number of aromatic nitrogens is 2. The summed E-state index contributed by atoms with van der Waals surface area (Å²) in [6.45, 7) is 2.79. The van der Waals surface area contributed by atoms with Crippen LogP contribution in [0.15, 0.2) is 94.5 Å². The Morgan fingerprint density at radius 1 is 0.919 bits per heavy atom. The first-order chi connectivity index (χ1) is 18.0. The molecule has 0 fully saturated rings. The zero-order chi connectivity index (χ0) is 26.2. The molecule has 37 heavy (non-hydrogen) atoms. The van der Waals surface area contributed by atoms with Gasteiger partial charge in [-0.15, -0.1) is 0 Å². The van der Waals surface area contributed by atoms with Crippen LogP contribution in [0.2, 0.25) is 0 Å². The van der Waals surface area contributed by atoms with E-state index in [-0.39, 0.29) is 18.1 Å². The second-order valence-electron chi connectivity index (χ2n) is 8.67. The first-order valence-electron chi connectivity index (χ1n) is 12.2. The van der Waals surface area contributed by atoms with Crippen molar-refractivity contribution in [3.63, 3.8) is 0 Å². The number of nitrogens with one attached hydrogen (secondary N) is 1. The van der Waals surface area contributed by atoms with Gasteiger partial charge in [-0.25, -0.2) is 4.79 Å². The largest absolute Gasteiger partial charge is 0.489 e. The number of amides is 1. The number of hydrogen-bond acceptors (Lipinski definition) is 5. The summed E-state index contributed by atoms with van der Waals surface area (Å²) in [7, 11) is 0. The maximum Gasteiger partial charge on any atom is 0.330 e. The summed E-state index contributed by atoms with van der Waals surface area (Å²) in [4.78, 5) is 42.8. The smallest absolute Gasteiger partial charge is 0.330 e. The molecule has 8 heteroatoms. The van der Waals surface area contributed by atoms with Crippen molar-refractivity contribution in [2.45, 2.75) is 39.5 Å². The van der Waals surface area contributed by atoms with E-state index in [1.54, 1.807) is 12.1 Å². The van der Waals surface area contributed by atoms with E-state index >= 15 is 0 Å². The minimum atomic E-state index is -0.701. The SMILES string of the molecule is CCCCn1c(N)c(N(Cc2ccccc2)C(=O)c2ccc(COc3ccccc3)cc2)c(=O)[nH]c1=O. The van der Waals surface area contributed by atoms with E-state index in [0.29, 0.717) is 25.1 Å². The highest BCUT2D eigenvalue weighted by Crippen LogP contribution is 2.23. The highest BCUT2D eigenvalue weighted by molar-refractivity contribution is 6.07. The molecule has 0 unspecified atom stereocenters. The number of aromatic amines is 1. The van der Waals surface area contributed by atoms with Crippen molar-refractivity contribution < 1.29 is 9.53 Å². The first-order valence-corrected chi connectivity index (χ1v) is 12.2. The second kappa shape index (κ2) is 11.9. The maximum absolute atomic E-state index is 13.8. The number of nitrogens with zero attached hydrogens (tertiary/aromatic N) is 2. The van der Waals surface area contributed by atoms with E-state index in [2.05, 4.69) is 4.98 Å². The average molecular weight is 499 g/mol. The van der Waals surface area contributed by atoms with Crippen LogP contribution >= 0.6 is 0 Å². The molecule has 4 rings (SSSR count). The van der Waals surface area contributed by atoms with Crippen LogP contribution in [-0.4, -0.2) is 15.5 Å². The Morgan fingerprint density at radius 2 is 1.57 bits per heavy atom. The third-order valence-corrected chi connectivity index (χ3v) is 6.00. The molecule has 4 aromatic rings. The van der Waals surface area contributed by atoms with Crippen LogP contribution in [0.5, 0.6) is 5.75 Å². The monoisotopic (exact) mass is 498 g/mol. The lowest BCUT2D eigenvalue weighted by Gasteiger charge is -2.25. The fourth-order valence-corrected chi connectivity index (χ4v) is 3.98. The molecule has 3 N–H and O–H groups in total. The molecular weight excluding hydrogens is 468 g/mol. The van der Waals surface area contributed by atoms with Crippen molar-refractivity contribution >= 4 is 17.4 Å². The van der Waals surface area contributed by atoms with Gasteiger partial charge in [-0.2, -0.15) is 0 Å². The van der Waals surface area contributed by atoms with Crippen molar-refractivity contribution in [1.82, 2.24) is 9.55 Å². The number of benzene rings is 3. The van der Waals surface area contributed by atoms with Crippen LogP contribution < -0.4 is 26.6 Å². The van der Waals surface area contributed by atoms with Gasteiger partial charge < -0.3 is 10.5 Å². The van der Waals surface area contributed by atoms with Gasteiger partial charge in [-0.3, -0.25) is 24.0 Å². The number of para-hydroxylation sites is 1. The number of H-pyrrole nitrogens is 1. The van der Waals surface area contributed by atoms with Crippen LogP contribution in [0.1, 0.15) is 41.3 Å². The van der Waals surface area contributed by atoms with Crippen LogP contribution in [0.3, 0.4) is 0 Å². The Bertz CT molecular complexity index is 1450. The first kappa shape index (κ1) is 25.5. The predicted octanol–water partition coefficient (Wildman–Crippen LogP) is 4.34. The Kier molecular flexibility index (Phi) is 8.20. The van der Waals surface area contributed by atoms with Gasteiger partial charge in [0.05, 0.1) is 6.54 Å². The Hall–Kier alpha value is -4.59. The lowest BCUT2D eigenvalue weighted by Crippen LogP contribution is -2.41. The number of carbonyl (C=O) groups excluding carboxylic acids is 1. The molecule has 190 valence electrons. The molecule has 1 heterocycles. The molecule has 0 aliphatic carbocycles. The van der Waals surface area contributed by atoms with Gasteiger partial charge in [0.15, 0.2) is 5.69 Å². The number of rotatable bonds is 10. The molecule has 0 radical (unpaired) electrons. The molecule has 0 saturated carbocycles. The van der Waals surface area contributed by atoms with Crippen molar-refractivity contribution in [3.8, 4) is 5.75 Å². The highest BCUT2D eigenvalue weighted by Gasteiger charge is 2.25. The Balaban J connectivity index is 1.66. The summed E-state index contributed by atoms with van der Waals surface area (Å²) < 4.78 is 7.10. The minimum Gasteiger partial charge on any atom is -0.489 e. The van der Waals surface area contributed by atoms with Gasteiger partial charge in [-0.05, 0) is 41.8 Å². The van der Waals surface area contributed by atoms with Gasteiger partial charge in [-0.1, -0.05) is 74.0 Å². The van der Waals surface area contributed by atoms with Crippen LogP contribution in [-0.2, 0) is 19.7 Å². The van der Waals surface area contributed by atoms with E-state index in [4.69, 9.17) is 10.5 Å². The normalized spacial score (nSPS) is 10.7. The number of nitrogens with two attached hydrogens (primary N) is 1. The Morgan fingerprint density at radius 3 is 2.22 bits per heavy atom. The van der Waals surface area contributed by atoms with E-state index in [0.717, 1.165) is 23.3 Å². The van der Waals surface area contributed by atoms with Crippen molar-refractivity contribution in [2.24, 2.45) is 0 Å². The molecule has 0 aliphatic rings. The average Bonchev–Trinajstić information content (AvgIpc) is 2.92. The number of anilines is 2. The maximum atomic E-state index is 13.8. The lowest BCUT2D eigenvalue weighted by atomic mass is 10.1. The standard InChI is InChI=1S/C29H30N4O4/c1-2-3-18-32-26(30)25(27(34)31-29(32)36)33(19-21-10-6-4-7-11-21)28(35)23-16-14-22(15-17-23)20-37-24-12-8-5-9-13-24/h4-17H,2-3,18-20,30H2,1H3,(H,31,34,36). The van der Waals surface area contributed by atoms with Crippen LogP contribution in [0.25, 0.3) is 0 Å². The third kappa shape index (κ3) is 6.16. The topological polar surface area (TPSA) is 110 Å². The minimum absolute atomic E-state index is 0.0284. The fourth-order valence-electron chi connectivity index (χ4n) is 3.98. The van der Waals surface area contributed by atoms with Gasteiger partial charge in [0.25, 0.3) is 11.5 Å². The molecule has 0 spiro atoms. The molecule has 0 atom stereocenters. The van der Waals surface area contributed by atoms with Gasteiger partial charge in [0.2, 0.25) is 0 Å². The predicted molar refractivity (Wildman–Crippen MR) is 145 cm³/mol. The summed E-state index contributed by atoms with van der Waals surface area (Å²) in [5.74, 6) is 0.321.